The van der Waals surface area contributed by atoms with Crippen LogP contribution in [0.3, 0.4) is 0 Å². The van der Waals surface area contributed by atoms with Gasteiger partial charge in [-0.3, -0.25) is 0 Å². The molecule has 3 aromatic rings. The van der Waals surface area contributed by atoms with Gasteiger partial charge in [0, 0.05) is 12.4 Å². The number of benzene rings is 1. The Bertz CT molecular complexity index is 423. The number of hydrogen-bond donors (Lipinski definition) is 1. The van der Waals surface area contributed by atoms with Gasteiger partial charge in [0.2, 0.25) is 0 Å². The molecule has 3 heteroatoms. The van der Waals surface area contributed by atoms with Crippen LogP contribution in [0.2, 0.25) is 0 Å². The van der Waals surface area contributed by atoms with E-state index in [0.29, 0.717) is 0 Å². The number of rotatable bonds is 0. The van der Waals surface area contributed by atoms with E-state index < -0.39 is 0 Å². The molecule has 3 nitrogen and oxygen atoms in total. The van der Waals surface area contributed by atoms with E-state index in [1.807, 2.05) is 48.8 Å². The molecule has 0 aliphatic rings. The maximum absolute atomic E-state index is 5.01. The molecule has 0 amide bonds. The standard InChI is InChI=1S/C7H5NO.C4H5N/c1-2-4-7-6(3-1)8-5-9-7;1-2-4-5-3-1/h1-5H;1-5H. The summed E-state index contributed by atoms with van der Waals surface area (Å²) < 4.78 is 5.01. The van der Waals surface area contributed by atoms with E-state index in [1.54, 1.807) is 0 Å². The number of aromatic amines is 1. The highest BCUT2D eigenvalue weighted by atomic mass is 16.3. The Morgan fingerprint density at radius 1 is 1.00 bits per heavy atom. The van der Waals surface area contributed by atoms with Crippen LogP contribution in [0.25, 0.3) is 11.1 Å². The first-order valence-electron chi connectivity index (χ1n) is 4.33. The molecule has 1 aromatic carbocycles. The van der Waals surface area contributed by atoms with E-state index in [1.165, 1.54) is 6.39 Å². The Morgan fingerprint density at radius 3 is 2.43 bits per heavy atom. The molecule has 0 saturated heterocycles. The third-order valence-corrected chi connectivity index (χ3v) is 1.73. The van der Waals surface area contributed by atoms with Crippen LogP contribution in [0.15, 0.2) is 59.6 Å². The first-order chi connectivity index (χ1) is 6.97. The van der Waals surface area contributed by atoms with Crippen molar-refractivity contribution in [2.75, 3.05) is 0 Å². The number of para-hydroxylation sites is 2. The van der Waals surface area contributed by atoms with Gasteiger partial charge in [-0.25, -0.2) is 4.98 Å². The Morgan fingerprint density at radius 2 is 1.79 bits per heavy atom. The second kappa shape index (κ2) is 4.28. The van der Waals surface area contributed by atoms with Crippen molar-refractivity contribution >= 4 is 11.1 Å². The van der Waals surface area contributed by atoms with Gasteiger partial charge in [0.15, 0.2) is 12.0 Å². The van der Waals surface area contributed by atoms with Crippen molar-refractivity contribution in [1.29, 1.82) is 0 Å². The molecular formula is C11H10N2O. The molecular weight excluding hydrogens is 176 g/mol. The highest BCUT2D eigenvalue weighted by Gasteiger charge is 1.91. The summed E-state index contributed by atoms with van der Waals surface area (Å²) in [5.74, 6) is 0. The molecule has 70 valence electrons. The largest absolute Gasteiger partial charge is 0.443 e. The summed E-state index contributed by atoms with van der Waals surface area (Å²) in [5, 5.41) is 0. The number of fused-ring (bicyclic) bond motifs is 1. The number of oxazole rings is 1. The summed E-state index contributed by atoms with van der Waals surface area (Å²) in [5.41, 5.74) is 1.76. The van der Waals surface area contributed by atoms with E-state index in [0.717, 1.165) is 11.1 Å². The lowest BCUT2D eigenvalue weighted by molar-refractivity contribution is 0.602. The van der Waals surface area contributed by atoms with Gasteiger partial charge < -0.3 is 9.40 Å². The normalized spacial score (nSPS) is 9.43. The number of H-pyrrole nitrogens is 1. The molecule has 14 heavy (non-hydrogen) atoms. The van der Waals surface area contributed by atoms with Crippen molar-refractivity contribution < 1.29 is 4.42 Å². The Hall–Kier alpha value is -2.03. The van der Waals surface area contributed by atoms with Crippen molar-refractivity contribution in [3.63, 3.8) is 0 Å². The van der Waals surface area contributed by atoms with Crippen LogP contribution in [-0.4, -0.2) is 9.97 Å². The second-order valence-corrected chi connectivity index (χ2v) is 2.70. The van der Waals surface area contributed by atoms with Crippen LogP contribution in [0, 0.1) is 0 Å². The Balaban J connectivity index is 0.000000128. The zero-order chi connectivity index (χ0) is 9.64. The summed E-state index contributed by atoms with van der Waals surface area (Å²) in [4.78, 5) is 6.81. The number of nitrogens with zero attached hydrogens (tertiary/aromatic N) is 1. The molecule has 0 bridgehead atoms. The zero-order valence-corrected chi connectivity index (χ0v) is 7.55. The van der Waals surface area contributed by atoms with Gasteiger partial charge in [0.25, 0.3) is 0 Å². The summed E-state index contributed by atoms with van der Waals surface area (Å²) in [6.07, 6.45) is 5.20. The molecule has 0 spiro atoms. The fourth-order valence-electron chi connectivity index (χ4n) is 1.08. The highest BCUT2D eigenvalue weighted by Crippen LogP contribution is 2.09. The molecule has 0 atom stereocenters. The summed E-state index contributed by atoms with van der Waals surface area (Å²) in [7, 11) is 0. The first-order valence-corrected chi connectivity index (χ1v) is 4.33. The van der Waals surface area contributed by atoms with Gasteiger partial charge in [-0.15, -0.1) is 0 Å². The second-order valence-electron chi connectivity index (χ2n) is 2.70. The van der Waals surface area contributed by atoms with Crippen LogP contribution in [-0.2, 0) is 0 Å². The van der Waals surface area contributed by atoms with Crippen LogP contribution in [0.5, 0.6) is 0 Å². The monoisotopic (exact) mass is 186 g/mol. The predicted octanol–water partition coefficient (Wildman–Crippen LogP) is 2.84. The fourth-order valence-corrected chi connectivity index (χ4v) is 1.08. The van der Waals surface area contributed by atoms with Crippen LogP contribution < -0.4 is 0 Å². The lowest BCUT2D eigenvalue weighted by Crippen LogP contribution is -1.61. The lowest BCUT2D eigenvalue weighted by atomic mass is 10.3. The maximum Gasteiger partial charge on any atom is 0.181 e. The molecule has 2 aromatic heterocycles. The van der Waals surface area contributed by atoms with E-state index in [2.05, 4.69) is 9.97 Å². The van der Waals surface area contributed by atoms with Gasteiger partial charge >= 0.3 is 0 Å². The molecule has 0 unspecified atom stereocenters. The molecule has 1 N–H and O–H groups in total. The van der Waals surface area contributed by atoms with Gasteiger partial charge in [0.05, 0.1) is 0 Å². The quantitative estimate of drug-likeness (QED) is 0.586. The van der Waals surface area contributed by atoms with Crippen molar-refractivity contribution in [3.8, 4) is 0 Å². The highest BCUT2D eigenvalue weighted by molar-refractivity contribution is 5.71. The zero-order valence-electron chi connectivity index (χ0n) is 7.55. The first kappa shape index (κ1) is 8.56. The SMILES string of the molecule is c1cc[nH]c1.c1ccc2ocnc2c1. The Labute approximate surface area is 81.4 Å². The Kier molecular flexibility index (Phi) is 2.62. The van der Waals surface area contributed by atoms with Gasteiger partial charge in [-0.1, -0.05) is 12.1 Å². The average Bonchev–Trinajstić information content (AvgIpc) is 2.92. The molecule has 0 fully saturated rings. The molecule has 0 saturated carbocycles. The van der Waals surface area contributed by atoms with Crippen LogP contribution in [0.4, 0.5) is 0 Å². The minimum Gasteiger partial charge on any atom is -0.443 e. The van der Waals surface area contributed by atoms with E-state index in [9.17, 15) is 0 Å². The minimum atomic E-state index is 0.845. The summed E-state index contributed by atoms with van der Waals surface area (Å²) in [6, 6.07) is 11.6. The predicted molar refractivity (Wildman–Crippen MR) is 54.8 cm³/mol. The topological polar surface area (TPSA) is 41.8 Å². The third-order valence-electron chi connectivity index (χ3n) is 1.73. The molecule has 0 aliphatic carbocycles. The minimum absolute atomic E-state index is 0.845. The summed E-state index contributed by atoms with van der Waals surface area (Å²) >= 11 is 0. The summed E-state index contributed by atoms with van der Waals surface area (Å²) in [6.45, 7) is 0. The van der Waals surface area contributed by atoms with Crippen molar-refractivity contribution in [1.82, 2.24) is 9.97 Å². The molecule has 3 rings (SSSR count). The molecule has 0 radical (unpaired) electrons. The van der Waals surface area contributed by atoms with Crippen molar-refractivity contribution in [2.45, 2.75) is 0 Å². The van der Waals surface area contributed by atoms with Crippen LogP contribution >= 0.6 is 0 Å². The van der Waals surface area contributed by atoms with Gasteiger partial charge in [-0.05, 0) is 24.3 Å². The third kappa shape index (κ3) is 2.01. The molecule has 0 aliphatic heterocycles. The van der Waals surface area contributed by atoms with Gasteiger partial charge in [0.1, 0.15) is 5.52 Å². The fraction of sp³-hybridized carbons (Fsp3) is 0. The smallest absolute Gasteiger partial charge is 0.181 e. The van der Waals surface area contributed by atoms with Gasteiger partial charge in [-0.2, -0.15) is 0 Å². The van der Waals surface area contributed by atoms with Crippen molar-refractivity contribution in [2.24, 2.45) is 0 Å². The van der Waals surface area contributed by atoms with E-state index in [4.69, 9.17) is 4.42 Å². The maximum atomic E-state index is 5.01. The number of aromatic nitrogens is 2. The average molecular weight is 186 g/mol. The van der Waals surface area contributed by atoms with Crippen molar-refractivity contribution in [3.05, 3.63) is 55.2 Å². The van der Waals surface area contributed by atoms with E-state index in [-0.39, 0.29) is 0 Å². The van der Waals surface area contributed by atoms with E-state index >= 15 is 0 Å². The van der Waals surface area contributed by atoms with Crippen LogP contribution in [0.1, 0.15) is 0 Å². The number of hydrogen-bond acceptors (Lipinski definition) is 2. The molecule has 2 heterocycles. The number of nitrogens with one attached hydrogen (secondary N) is 1. The lowest BCUT2D eigenvalue weighted by Gasteiger charge is -1.79.